The van der Waals surface area contributed by atoms with Gasteiger partial charge in [0.15, 0.2) is 0 Å². The minimum absolute atomic E-state index is 0.00560. The predicted molar refractivity (Wildman–Crippen MR) is 135 cm³/mol. The van der Waals surface area contributed by atoms with E-state index in [1.54, 1.807) is 12.3 Å². The van der Waals surface area contributed by atoms with E-state index in [1.165, 1.54) is 6.42 Å². The van der Waals surface area contributed by atoms with Gasteiger partial charge in [-0.05, 0) is 62.1 Å². The molecule has 7 nitrogen and oxygen atoms in total. The number of carbonyl (C=O) groups excluding carboxylic acids is 1. The summed E-state index contributed by atoms with van der Waals surface area (Å²) < 4.78 is 5.57. The molecule has 4 heterocycles. The van der Waals surface area contributed by atoms with Gasteiger partial charge in [0.25, 0.3) is 0 Å². The van der Waals surface area contributed by atoms with Crippen molar-refractivity contribution < 1.29 is 9.53 Å². The molecule has 3 aliphatic rings. The zero-order chi connectivity index (χ0) is 23.3. The summed E-state index contributed by atoms with van der Waals surface area (Å²) in [6.07, 6.45) is 11.4. The number of carbonyl (C=O) groups is 1. The molecular weight excluding hydrogens is 450 g/mol. The number of rotatable bonds is 7. The van der Waals surface area contributed by atoms with Crippen LogP contribution in [0.1, 0.15) is 32.1 Å². The lowest BCUT2D eigenvalue weighted by molar-refractivity contribution is -0.120. The van der Waals surface area contributed by atoms with E-state index in [0.29, 0.717) is 35.3 Å². The number of hydrogen-bond acceptors (Lipinski definition) is 6. The Morgan fingerprint density at radius 3 is 2.88 bits per heavy atom. The first-order chi connectivity index (χ1) is 16.7. The van der Waals surface area contributed by atoms with Crippen molar-refractivity contribution in [1.82, 2.24) is 15.3 Å². The second kappa shape index (κ2) is 10.8. The van der Waals surface area contributed by atoms with Crippen LogP contribution in [0.4, 0.5) is 11.6 Å². The molecule has 2 aliphatic heterocycles. The summed E-state index contributed by atoms with van der Waals surface area (Å²) in [5.74, 6) is 2.35. The van der Waals surface area contributed by atoms with Gasteiger partial charge >= 0.3 is 0 Å². The molecule has 4 atom stereocenters. The maximum atomic E-state index is 12.9. The number of allylic oxidation sites excluding steroid dienone is 1. The molecule has 2 saturated heterocycles. The second-order valence-electron chi connectivity index (χ2n) is 9.53. The number of halogens is 1. The van der Waals surface area contributed by atoms with Crippen LogP contribution in [0.25, 0.3) is 11.3 Å². The maximum absolute atomic E-state index is 12.9. The largest absolute Gasteiger partial charge is 0.381 e. The fourth-order valence-electron chi connectivity index (χ4n) is 4.89. The van der Waals surface area contributed by atoms with Crippen LogP contribution in [-0.4, -0.2) is 48.2 Å². The Morgan fingerprint density at radius 1 is 1.24 bits per heavy atom. The average molecular weight is 482 g/mol. The number of anilines is 2. The summed E-state index contributed by atoms with van der Waals surface area (Å²) in [6.45, 7) is 3.18. The lowest BCUT2D eigenvalue weighted by atomic mass is 9.81. The van der Waals surface area contributed by atoms with Crippen LogP contribution in [0.2, 0.25) is 5.02 Å². The highest BCUT2D eigenvalue weighted by Gasteiger charge is 2.30. The van der Waals surface area contributed by atoms with Gasteiger partial charge < -0.3 is 20.7 Å². The first-order valence-electron chi connectivity index (χ1n) is 12.3. The minimum atomic E-state index is -0.0596. The lowest BCUT2D eigenvalue weighted by Gasteiger charge is -2.35. The number of aromatic nitrogens is 2. The number of amides is 1. The maximum Gasteiger partial charge on any atom is 0.229 e. The third-order valence-corrected chi connectivity index (χ3v) is 7.39. The molecular formula is C26H32ClN5O2. The summed E-state index contributed by atoms with van der Waals surface area (Å²) in [5.41, 5.74) is 1.48. The quantitative estimate of drug-likeness (QED) is 0.504. The Kier molecular flexibility index (Phi) is 7.42. The van der Waals surface area contributed by atoms with Crippen molar-refractivity contribution in [3.8, 4) is 11.3 Å². The molecule has 4 unspecified atom stereocenters. The van der Waals surface area contributed by atoms with Gasteiger partial charge in [-0.15, -0.1) is 0 Å². The molecule has 2 aromatic heterocycles. The molecule has 34 heavy (non-hydrogen) atoms. The molecule has 2 aromatic rings. The Morgan fingerprint density at radius 2 is 2.15 bits per heavy atom. The van der Waals surface area contributed by atoms with Crippen LogP contribution in [0.3, 0.4) is 0 Å². The van der Waals surface area contributed by atoms with E-state index in [9.17, 15) is 4.79 Å². The molecule has 8 heteroatoms. The monoisotopic (exact) mass is 481 g/mol. The second-order valence-corrected chi connectivity index (χ2v) is 9.93. The van der Waals surface area contributed by atoms with Crippen molar-refractivity contribution in [2.75, 3.05) is 36.9 Å². The van der Waals surface area contributed by atoms with E-state index in [-0.39, 0.29) is 11.8 Å². The SMILES string of the molecule is O=C(Nc1cc(-c2cccc(NCC3CCCOC3)n2)c(Cl)cn1)C1CCC(C2C=CC2)NC1. The van der Waals surface area contributed by atoms with Crippen molar-refractivity contribution in [3.05, 3.63) is 47.6 Å². The molecule has 0 aromatic carbocycles. The van der Waals surface area contributed by atoms with E-state index in [1.807, 2.05) is 18.2 Å². The van der Waals surface area contributed by atoms with Crippen molar-refractivity contribution >= 4 is 29.1 Å². The smallest absolute Gasteiger partial charge is 0.229 e. The lowest BCUT2D eigenvalue weighted by Crippen LogP contribution is -2.47. The van der Waals surface area contributed by atoms with Gasteiger partial charge in [0.05, 0.1) is 23.2 Å². The van der Waals surface area contributed by atoms with Crippen LogP contribution >= 0.6 is 11.6 Å². The molecule has 1 amide bonds. The first-order valence-corrected chi connectivity index (χ1v) is 12.7. The molecule has 2 fully saturated rings. The van der Waals surface area contributed by atoms with E-state index < -0.39 is 0 Å². The van der Waals surface area contributed by atoms with Gasteiger partial charge in [-0.2, -0.15) is 0 Å². The molecule has 0 bridgehead atoms. The zero-order valence-corrected chi connectivity index (χ0v) is 20.1. The van der Waals surface area contributed by atoms with E-state index in [0.717, 1.165) is 62.5 Å². The number of ether oxygens (including phenoxy) is 1. The van der Waals surface area contributed by atoms with Gasteiger partial charge in [0.1, 0.15) is 11.6 Å². The third kappa shape index (κ3) is 5.59. The van der Waals surface area contributed by atoms with Crippen LogP contribution < -0.4 is 16.0 Å². The van der Waals surface area contributed by atoms with Gasteiger partial charge in [0.2, 0.25) is 5.91 Å². The normalized spacial score (nSPS) is 26.5. The fourth-order valence-corrected chi connectivity index (χ4v) is 5.09. The number of nitrogens with zero attached hydrogens (tertiary/aromatic N) is 2. The number of piperidine rings is 1. The number of pyridine rings is 2. The number of nitrogens with one attached hydrogen (secondary N) is 3. The zero-order valence-electron chi connectivity index (χ0n) is 19.3. The Hall–Kier alpha value is -2.48. The highest BCUT2D eigenvalue weighted by atomic mass is 35.5. The predicted octanol–water partition coefficient (Wildman–Crippen LogP) is 4.52. The van der Waals surface area contributed by atoms with Crippen molar-refractivity contribution in [2.45, 2.75) is 38.1 Å². The van der Waals surface area contributed by atoms with Crippen molar-refractivity contribution in [1.29, 1.82) is 0 Å². The molecule has 0 saturated carbocycles. The Labute approximate surface area is 205 Å². The average Bonchev–Trinajstić information content (AvgIpc) is 2.84. The van der Waals surface area contributed by atoms with Crippen LogP contribution in [0, 0.1) is 17.8 Å². The molecule has 3 N–H and O–H groups in total. The molecule has 5 rings (SSSR count). The first kappa shape index (κ1) is 23.3. The van der Waals surface area contributed by atoms with E-state index in [2.05, 4.69) is 33.1 Å². The summed E-state index contributed by atoms with van der Waals surface area (Å²) >= 11 is 6.46. The third-order valence-electron chi connectivity index (χ3n) is 7.09. The summed E-state index contributed by atoms with van der Waals surface area (Å²) in [4.78, 5) is 22.0. The Balaban J connectivity index is 1.21. The molecule has 0 radical (unpaired) electrons. The van der Waals surface area contributed by atoms with Crippen molar-refractivity contribution in [3.63, 3.8) is 0 Å². The summed E-state index contributed by atoms with van der Waals surface area (Å²) in [6, 6.07) is 8.12. The van der Waals surface area contributed by atoms with Crippen LogP contribution in [-0.2, 0) is 9.53 Å². The molecule has 0 spiro atoms. The minimum Gasteiger partial charge on any atom is -0.381 e. The van der Waals surface area contributed by atoms with Gasteiger partial charge in [-0.25, -0.2) is 9.97 Å². The van der Waals surface area contributed by atoms with Gasteiger partial charge in [-0.3, -0.25) is 4.79 Å². The van der Waals surface area contributed by atoms with E-state index >= 15 is 0 Å². The molecule has 1 aliphatic carbocycles. The number of hydrogen-bond donors (Lipinski definition) is 3. The Bertz CT molecular complexity index is 1030. The highest BCUT2D eigenvalue weighted by molar-refractivity contribution is 6.33. The van der Waals surface area contributed by atoms with Crippen LogP contribution in [0.5, 0.6) is 0 Å². The van der Waals surface area contributed by atoms with Gasteiger partial charge in [-0.1, -0.05) is 29.8 Å². The summed E-state index contributed by atoms with van der Waals surface area (Å²) in [5, 5.41) is 10.5. The highest BCUT2D eigenvalue weighted by Crippen LogP contribution is 2.30. The summed E-state index contributed by atoms with van der Waals surface area (Å²) in [7, 11) is 0. The molecule has 180 valence electrons. The standard InChI is InChI=1S/C26H32ClN5O2/c27-21-15-30-25(32-26(33)19-9-10-22(28-14-19)18-5-1-6-18)12-20(21)23-7-2-8-24(31-23)29-13-17-4-3-11-34-16-17/h1-2,5,7-8,12,15,17-19,22,28H,3-4,6,9-11,13-14,16H2,(H,29,31)(H,30,32,33). The van der Waals surface area contributed by atoms with Crippen molar-refractivity contribution in [2.24, 2.45) is 17.8 Å². The van der Waals surface area contributed by atoms with Crippen LogP contribution in [0.15, 0.2) is 42.6 Å². The fraction of sp³-hybridized carbons (Fsp3) is 0.500. The topological polar surface area (TPSA) is 88.2 Å². The van der Waals surface area contributed by atoms with Gasteiger partial charge in [0, 0.05) is 37.5 Å². The van der Waals surface area contributed by atoms with E-state index in [4.69, 9.17) is 21.3 Å².